The van der Waals surface area contributed by atoms with Gasteiger partial charge in [0, 0.05) is 17.4 Å². The van der Waals surface area contributed by atoms with E-state index in [1.165, 1.54) is 30.3 Å². The van der Waals surface area contributed by atoms with E-state index in [0.29, 0.717) is 5.69 Å². The van der Waals surface area contributed by atoms with E-state index in [1.807, 2.05) is 19.1 Å². The zero-order chi connectivity index (χ0) is 24.0. The molecule has 0 saturated carbocycles. The summed E-state index contributed by atoms with van der Waals surface area (Å²) in [6.07, 6.45) is 0. The maximum absolute atomic E-state index is 12.8. The summed E-state index contributed by atoms with van der Waals surface area (Å²) in [5, 5.41) is 5.28. The minimum Gasteiger partial charge on any atom is -0.462 e. The number of benzene rings is 3. The molecule has 8 nitrogen and oxygen atoms in total. The summed E-state index contributed by atoms with van der Waals surface area (Å²) in [5.74, 6) is -1.01. The highest BCUT2D eigenvalue weighted by atomic mass is 32.2. The van der Waals surface area contributed by atoms with Crippen LogP contribution in [0.4, 0.5) is 16.2 Å². The van der Waals surface area contributed by atoms with Crippen LogP contribution >= 0.6 is 0 Å². The third kappa shape index (κ3) is 6.33. The van der Waals surface area contributed by atoms with Gasteiger partial charge in [0.1, 0.15) is 10.5 Å². The summed E-state index contributed by atoms with van der Waals surface area (Å²) in [4.78, 5) is 24.7. The molecule has 2 N–H and O–H groups in total. The molecule has 0 aliphatic heterocycles. The number of rotatable bonds is 7. The number of hydrogen-bond acceptors (Lipinski definition) is 6. The van der Waals surface area contributed by atoms with Crippen molar-refractivity contribution >= 4 is 33.5 Å². The fourth-order valence-corrected chi connectivity index (χ4v) is 3.96. The normalized spacial score (nSPS) is 10.9. The van der Waals surface area contributed by atoms with Gasteiger partial charge in [-0.3, -0.25) is 0 Å². The van der Waals surface area contributed by atoms with Gasteiger partial charge in [-0.2, -0.15) is 8.42 Å². The molecule has 3 aromatic rings. The Bertz CT molecular complexity index is 1270. The lowest BCUT2D eigenvalue weighted by Gasteiger charge is -2.14. The smallest absolute Gasteiger partial charge is 0.341 e. The minimum atomic E-state index is -4.24. The zero-order valence-corrected chi connectivity index (χ0v) is 19.2. The van der Waals surface area contributed by atoms with Gasteiger partial charge in [0.25, 0.3) is 0 Å². The second kappa shape index (κ2) is 10.2. The second-order valence-corrected chi connectivity index (χ2v) is 8.78. The van der Waals surface area contributed by atoms with Gasteiger partial charge in [0.05, 0.1) is 6.61 Å². The van der Waals surface area contributed by atoms with Crippen molar-refractivity contribution in [3.63, 3.8) is 0 Å². The highest BCUT2D eigenvalue weighted by Crippen LogP contribution is 2.28. The van der Waals surface area contributed by atoms with E-state index in [2.05, 4.69) is 10.6 Å². The Labute approximate surface area is 192 Å². The number of aryl methyl sites for hydroxylation is 2. The quantitative estimate of drug-likeness (QED) is 0.377. The van der Waals surface area contributed by atoms with Gasteiger partial charge in [0.2, 0.25) is 0 Å². The van der Waals surface area contributed by atoms with Crippen LogP contribution in [0.15, 0.2) is 71.6 Å². The van der Waals surface area contributed by atoms with Crippen LogP contribution in [0.1, 0.15) is 28.4 Å². The number of ether oxygens (including phenoxy) is 1. The standard InChI is InChI=1S/C24H24N2O6S/c1-4-31-23(27)21-13-12-19(26-24(28)25-18-10-8-16(2)9-11-18)15-22(21)32-33(29,30)20-7-5-6-17(3)14-20/h5-15H,4H2,1-3H3,(H2,25,26,28). The first-order chi connectivity index (χ1) is 15.7. The minimum absolute atomic E-state index is 0.0622. The van der Waals surface area contributed by atoms with Crippen LogP contribution in [0.2, 0.25) is 0 Å². The highest BCUT2D eigenvalue weighted by Gasteiger charge is 2.23. The summed E-state index contributed by atoms with van der Waals surface area (Å²) in [5.41, 5.74) is 2.50. The molecule has 9 heteroatoms. The number of carbonyl (C=O) groups excluding carboxylic acids is 2. The molecule has 0 atom stereocenters. The summed E-state index contributed by atoms with van der Waals surface area (Å²) in [6, 6.07) is 16.9. The average Bonchev–Trinajstić information content (AvgIpc) is 2.75. The lowest BCUT2D eigenvalue weighted by atomic mass is 10.2. The van der Waals surface area contributed by atoms with Crippen LogP contribution in [-0.4, -0.2) is 27.0 Å². The molecule has 33 heavy (non-hydrogen) atoms. The van der Waals surface area contributed by atoms with Crippen molar-refractivity contribution in [2.24, 2.45) is 0 Å². The largest absolute Gasteiger partial charge is 0.462 e. The van der Waals surface area contributed by atoms with Gasteiger partial charge >= 0.3 is 22.1 Å². The first-order valence-electron chi connectivity index (χ1n) is 10.1. The lowest BCUT2D eigenvalue weighted by molar-refractivity contribution is 0.0524. The molecule has 0 aliphatic rings. The first kappa shape index (κ1) is 23.8. The molecule has 3 aromatic carbocycles. The van der Waals surface area contributed by atoms with Gasteiger partial charge in [-0.05, 0) is 62.7 Å². The van der Waals surface area contributed by atoms with Gasteiger partial charge < -0.3 is 19.6 Å². The Kier molecular flexibility index (Phi) is 7.34. The van der Waals surface area contributed by atoms with E-state index in [9.17, 15) is 18.0 Å². The third-order valence-electron chi connectivity index (χ3n) is 4.52. The van der Waals surface area contributed by atoms with E-state index < -0.39 is 22.1 Å². The van der Waals surface area contributed by atoms with Crippen LogP contribution in [0.5, 0.6) is 5.75 Å². The highest BCUT2D eigenvalue weighted by molar-refractivity contribution is 7.87. The Balaban J connectivity index is 1.88. The van der Waals surface area contributed by atoms with Crippen molar-refractivity contribution in [1.29, 1.82) is 0 Å². The van der Waals surface area contributed by atoms with Crippen LogP contribution < -0.4 is 14.8 Å². The van der Waals surface area contributed by atoms with Crippen molar-refractivity contribution in [3.05, 3.63) is 83.4 Å². The van der Waals surface area contributed by atoms with Crippen LogP contribution in [0.25, 0.3) is 0 Å². The molecule has 172 valence electrons. The van der Waals surface area contributed by atoms with Crippen LogP contribution in [0, 0.1) is 13.8 Å². The molecule has 0 heterocycles. The van der Waals surface area contributed by atoms with E-state index in [1.54, 1.807) is 38.1 Å². The summed E-state index contributed by atoms with van der Waals surface area (Å²) in [7, 11) is -4.24. The van der Waals surface area contributed by atoms with Crippen molar-refractivity contribution in [2.45, 2.75) is 25.7 Å². The van der Waals surface area contributed by atoms with Gasteiger partial charge in [-0.25, -0.2) is 9.59 Å². The Morgan fingerprint density at radius 3 is 2.18 bits per heavy atom. The third-order valence-corrected chi connectivity index (χ3v) is 5.75. The van der Waals surface area contributed by atoms with E-state index in [4.69, 9.17) is 8.92 Å². The number of urea groups is 1. The SMILES string of the molecule is CCOC(=O)c1ccc(NC(=O)Nc2ccc(C)cc2)cc1OS(=O)(=O)c1cccc(C)c1. The topological polar surface area (TPSA) is 111 Å². The Morgan fingerprint density at radius 1 is 0.848 bits per heavy atom. The Morgan fingerprint density at radius 2 is 1.52 bits per heavy atom. The van der Waals surface area contributed by atoms with Crippen molar-refractivity contribution in [3.8, 4) is 5.75 Å². The number of hydrogen-bond donors (Lipinski definition) is 2. The molecule has 0 aromatic heterocycles. The second-order valence-electron chi connectivity index (χ2n) is 7.23. The predicted molar refractivity (Wildman–Crippen MR) is 125 cm³/mol. The molecular formula is C24H24N2O6S. The number of anilines is 2. The molecule has 0 bridgehead atoms. The predicted octanol–water partition coefficient (Wildman–Crippen LogP) is 4.89. The van der Waals surface area contributed by atoms with Gasteiger partial charge in [-0.1, -0.05) is 29.8 Å². The van der Waals surface area contributed by atoms with E-state index in [-0.39, 0.29) is 28.5 Å². The molecular weight excluding hydrogens is 444 g/mol. The molecule has 0 radical (unpaired) electrons. The average molecular weight is 469 g/mol. The fourth-order valence-electron chi connectivity index (χ4n) is 2.91. The monoisotopic (exact) mass is 468 g/mol. The molecule has 0 unspecified atom stereocenters. The molecule has 0 saturated heterocycles. The zero-order valence-electron chi connectivity index (χ0n) is 18.4. The molecule has 2 amide bonds. The van der Waals surface area contributed by atoms with Gasteiger partial charge in [0.15, 0.2) is 5.75 Å². The Hall–Kier alpha value is -3.85. The van der Waals surface area contributed by atoms with E-state index in [0.717, 1.165) is 11.1 Å². The number of esters is 1. The maximum Gasteiger partial charge on any atom is 0.341 e. The summed E-state index contributed by atoms with van der Waals surface area (Å²) < 4.78 is 35.9. The molecule has 0 spiro atoms. The lowest BCUT2D eigenvalue weighted by Crippen LogP contribution is -2.20. The van der Waals surface area contributed by atoms with Crippen molar-refractivity contribution < 1.29 is 26.9 Å². The molecule has 0 fully saturated rings. The van der Waals surface area contributed by atoms with Crippen LogP contribution in [-0.2, 0) is 14.9 Å². The van der Waals surface area contributed by atoms with Crippen molar-refractivity contribution in [2.75, 3.05) is 17.2 Å². The number of carbonyl (C=O) groups is 2. The molecule has 3 rings (SSSR count). The summed E-state index contributed by atoms with van der Waals surface area (Å²) >= 11 is 0. The number of nitrogens with one attached hydrogen (secondary N) is 2. The van der Waals surface area contributed by atoms with Crippen molar-refractivity contribution in [1.82, 2.24) is 0 Å². The van der Waals surface area contributed by atoms with Crippen LogP contribution in [0.3, 0.4) is 0 Å². The number of amides is 2. The summed E-state index contributed by atoms with van der Waals surface area (Å²) in [6.45, 7) is 5.41. The molecule has 0 aliphatic carbocycles. The van der Waals surface area contributed by atoms with Gasteiger partial charge in [-0.15, -0.1) is 0 Å². The maximum atomic E-state index is 12.8. The van der Waals surface area contributed by atoms with E-state index >= 15 is 0 Å². The first-order valence-corrected chi connectivity index (χ1v) is 11.6. The fraction of sp³-hybridized carbons (Fsp3) is 0.167.